The number of rotatable bonds is 5. The van der Waals surface area contributed by atoms with Crippen molar-refractivity contribution < 1.29 is 18.4 Å². The zero-order valence-corrected chi connectivity index (χ0v) is 15.2. The third-order valence-electron chi connectivity index (χ3n) is 3.18. The number of hydrogen-bond acceptors (Lipinski definition) is 6. The molecule has 0 unspecified atom stereocenters. The van der Waals surface area contributed by atoms with Crippen LogP contribution in [0, 0.1) is 5.82 Å². The maximum absolute atomic E-state index is 13.5. The SMILES string of the molecule is O=C(CSc1nnc(-c2cccc(Cl)c2)o1)NC(=O)Nc1ccccc1F. The highest BCUT2D eigenvalue weighted by Crippen LogP contribution is 2.25. The van der Waals surface area contributed by atoms with Crippen molar-refractivity contribution in [2.24, 2.45) is 0 Å². The molecule has 1 heterocycles. The van der Waals surface area contributed by atoms with Gasteiger partial charge in [0.15, 0.2) is 0 Å². The molecule has 3 aromatic rings. The van der Waals surface area contributed by atoms with Crippen molar-refractivity contribution in [2.75, 3.05) is 11.1 Å². The van der Waals surface area contributed by atoms with E-state index in [1.165, 1.54) is 18.2 Å². The number of amides is 3. The number of nitrogens with zero attached hydrogens (tertiary/aromatic N) is 2. The van der Waals surface area contributed by atoms with Gasteiger partial charge in [0.05, 0.1) is 11.4 Å². The number of carbonyl (C=O) groups is 2. The summed E-state index contributed by atoms with van der Waals surface area (Å²) in [4.78, 5) is 23.6. The van der Waals surface area contributed by atoms with Crippen molar-refractivity contribution in [2.45, 2.75) is 5.22 Å². The summed E-state index contributed by atoms with van der Waals surface area (Å²) in [6.07, 6.45) is 0. The van der Waals surface area contributed by atoms with Crippen molar-refractivity contribution >= 4 is 41.0 Å². The van der Waals surface area contributed by atoms with Crippen LogP contribution in [0.25, 0.3) is 11.5 Å². The van der Waals surface area contributed by atoms with E-state index >= 15 is 0 Å². The molecule has 0 atom stereocenters. The van der Waals surface area contributed by atoms with Gasteiger partial charge in [-0.1, -0.05) is 41.6 Å². The molecular formula is C17H12ClFN4O3S. The van der Waals surface area contributed by atoms with E-state index in [0.29, 0.717) is 10.6 Å². The predicted octanol–water partition coefficient (Wildman–Crippen LogP) is 3.97. The maximum atomic E-state index is 13.5. The largest absolute Gasteiger partial charge is 0.411 e. The molecule has 2 N–H and O–H groups in total. The predicted molar refractivity (Wildman–Crippen MR) is 99.0 cm³/mol. The van der Waals surface area contributed by atoms with Crippen molar-refractivity contribution in [1.82, 2.24) is 15.5 Å². The molecule has 0 spiro atoms. The van der Waals surface area contributed by atoms with Crippen molar-refractivity contribution in [1.29, 1.82) is 0 Å². The Hall–Kier alpha value is -2.91. The molecule has 0 saturated heterocycles. The fourth-order valence-electron chi connectivity index (χ4n) is 2.01. The molecule has 10 heteroatoms. The smallest absolute Gasteiger partial charge is 0.325 e. The van der Waals surface area contributed by atoms with Gasteiger partial charge in [-0.2, -0.15) is 0 Å². The first kappa shape index (κ1) is 18.9. The molecule has 0 aliphatic rings. The highest BCUT2D eigenvalue weighted by molar-refractivity contribution is 7.99. The Bertz CT molecular complexity index is 982. The second-order valence-corrected chi connectivity index (χ2v) is 6.52. The molecule has 7 nitrogen and oxygen atoms in total. The van der Waals surface area contributed by atoms with Crippen LogP contribution in [0.15, 0.2) is 58.2 Å². The minimum atomic E-state index is -0.837. The van der Waals surface area contributed by atoms with Crippen LogP contribution in [-0.4, -0.2) is 27.9 Å². The number of hydrogen-bond donors (Lipinski definition) is 2. The minimum absolute atomic E-state index is 0.0291. The van der Waals surface area contributed by atoms with Crippen LogP contribution >= 0.6 is 23.4 Å². The average molecular weight is 407 g/mol. The molecule has 0 bridgehead atoms. The molecule has 1 aromatic heterocycles. The van der Waals surface area contributed by atoms with Crippen LogP contribution in [0.2, 0.25) is 5.02 Å². The van der Waals surface area contributed by atoms with E-state index in [4.69, 9.17) is 16.0 Å². The monoisotopic (exact) mass is 406 g/mol. The van der Waals surface area contributed by atoms with E-state index in [0.717, 1.165) is 11.8 Å². The van der Waals surface area contributed by atoms with Gasteiger partial charge in [-0.15, -0.1) is 10.2 Å². The van der Waals surface area contributed by atoms with Gasteiger partial charge in [-0.05, 0) is 30.3 Å². The lowest BCUT2D eigenvalue weighted by Crippen LogP contribution is -2.35. The van der Waals surface area contributed by atoms with Crippen LogP contribution in [0.1, 0.15) is 0 Å². The summed E-state index contributed by atoms with van der Waals surface area (Å²) in [7, 11) is 0. The minimum Gasteiger partial charge on any atom is -0.411 e. The normalized spacial score (nSPS) is 10.4. The summed E-state index contributed by atoms with van der Waals surface area (Å²) in [5.41, 5.74) is 0.620. The van der Waals surface area contributed by atoms with Crippen molar-refractivity contribution in [3.8, 4) is 11.5 Å². The molecule has 0 fully saturated rings. The third kappa shape index (κ3) is 5.28. The number of carbonyl (C=O) groups excluding carboxylic acids is 2. The summed E-state index contributed by atoms with van der Waals surface area (Å²) in [5, 5.41) is 12.7. The Labute approximate surface area is 162 Å². The molecule has 138 valence electrons. The number of anilines is 1. The van der Waals surface area contributed by atoms with E-state index in [1.54, 1.807) is 30.3 Å². The number of thioether (sulfide) groups is 1. The van der Waals surface area contributed by atoms with Crippen LogP contribution in [-0.2, 0) is 4.79 Å². The van der Waals surface area contributed by atoms with Gasteiger partial charge in [0.25, 0.3) is 5.22 Å². The standard InChI is InChI=1S/C17H12ClFN4O3S/c18-11-5-3-4-10(8-11)15-22-23-17(26-15)27-9-14(24)21-16(25)20-13-7-2-1-6-12(13)19/h1-8H,9H2,(H2,20,21,24,25). The number of halogens is 2. The summed E-state index contributed by atoms with van der Waals surface area (Å²) in [6.45, 7) is 0. The fourth-order valence-corrected chi connectivity index (χ4v) is 2.77. The summed E-state index contributed by atoms with van der Waals surface area (Å²) in [5.74, 6) is -1.08. The van der Waals surface area contributed by atoms with Gasteiger partial charge in [-0.3, -0.25) is 10.1 Å². The lowest BCUT2D eigenvalue weighted by molar-refractivity contribution is -0.117. The van der Waals surface area contributed by atoms with Crippen molar-refractivity contribution in [3.63, 3.8) is 0 Å². The van der Waals surface area contributed by atoms with Gasteiger partial charge in [0, 0.05) is 10.6 Å². The van der Waals surface area contributed by atoms with Gasteiger partial charge in [-0.25, -0.2) is 9.18 Å². The summed E-state index contributed by atoms with van der Waals surface area (Å²) in [6, 6.07) is 11.7. The fraction of sp³-hybridized carbons (Fsp3) is 0.0588. The van der Waals surface area contributed by atoms with Gasteiger partial charge in [0.2, 0.25) is 11.8 Å². The van der Waals surface area contributed by atoms with Crippen LogP contribution in [0.5, 0.6) is 0 Å². The second-order valence-electron chi connectivity index (χ2n) is 5.15. The van der Waals surface area contributed by atoms with E-state index in [9.17, 15) is 14.0 Å². The Morgan fingerprint density at radius 1 is 1.15 bits per heavy atom. The molecule has 0 aliphatic heterocycles. The maximum Gasteiger partial charge on any atom is 0.325 e. The van der Waals surface area contributed by atoms with Crippen LogP contribution in [0.3, 0.4) is 0 Å². The highest BCUT2D eigenvalue weighted by Gasteiger charge is 2.14. The number of aromatic nitrogens is 2. The van der Waals surface area contributed by atoms with Crippen LogP contribution in [0.4, 0.5) is 14.9 Å². The molecular weight excluding hydrogens is 395 g/mol. The third-order valence-corrected chi connectivity index (χ3v) is 4.23. The van der Waals surface area contributed by atoms with Crippen LogP contribution < -0.4 is 10.6 Å². The molecule has 2 aromatic carbocycles. The molecule has 3 rings (SSSR count). The number of para-hydroxylation sites is 1. The second kappa shape index (κ2) is 8.65. The number of nitrogens with one attached hydrogen (secondary N) is 2. The van der Waals surface area contributed by atoms with Gasteiger partial charge >= 0.3 is 6.03 Å². The zero-order chi connectivity index (χ0) is 19.2. The van der Waals surface area contributed by atoms with Gasteiger partial charge in [0.1, 0.15) is 5.82 Å². The molecule has 0 saturated carbocycles. The first-order chi connectivity index (χ1) is 13.0. The lowest BCUT2D eigenvalue weighted by atomic mass is 10.2. The van der Waals surface area contributed by atoms with Crippen molar-refractivity contribution in [3.05, 3.63) is 59.4 Å². The zero-order valence-electron chi connectivity index (χ0n) is 13.6. The first-order valence-electron chi connectivity index (χ1n) is 7.59. The van der Waals surface area contributed by atoms with E-state index in [-0.39, 0.29) is 22.6 Å². The molecule has 27 heavy (non-hydrogen) atoms. The average Bonchev–Trinajstić information content (AvgIpc) is 3.11. The Balaban J connectivity index is 1.51. The lowest BCUT2D eigenvalue weighted by Gasteiger charge is -2.06. The number of benzene rings is 2. The van der Waals surface area contributed by atoms with E-state index in [2.05, 4.69) is 20.8 Å². The Morgan fingerprint density at radius 2 is 1.96 bits per heavy atom. The quantitative estimate of drug-likeness (QED) is 0.622. The molecule has 0 radical (unpaired) electrons. The number of urea groups is 1. The number of imide groups is 1. The van der Waals surface area contributed by atoms with E-state index < -0.39 is 17.8 Å². The Morgan fingerprint density at radius 3 is 2.74 bits per heavy atom. The molecule has 3 amide bonds. The van der Waals surface area contributed by atoms with Gasteiger partial charge < -0.3 is 9.73 Å². The topological polar surface area (TPSA) is 97.1 Å². The highest BCUT2D eigenvalue weighted by atomic mass is 35.5. The summed E-state index contributed by atoms with van der Waals surface area (Å²) < 4.78 is 18.9. The Kier molecular flexibility index (Phi) is 6.05. The first-order valence-corrected chi connectivity index (χ1v) is 8.95. The summed E-state index contributed by atoms with van der Waals surface area (Å²) >= 11 is 6.87. The van der Waals surface area contributed by atoms with E-state index in [1.807, 2.05) is 0 Å². The molecule has 0 aliphatic carbocycles.